The zero-order valence-corrected chi connectivity index (χ0v) is 13.4. The number of carboxylic acid groups (broad SMARTS) is 1. The average molecular weight is 332 g/mol. The maximum atomic E-state index is 12.4. The summed E-state index contributed by atoms with van der Waals surface area (Å²) < 4.78 is 10.5. The molecule has 2 unspecified atom stereocenters. The van der Waals surface area contributed by atoms with Gasteiger partial charge in [-0.1, -0.05) is 0 Å². The van der Waals surface area contributed by atoms with E-state index in [9.17, 15) is 14.7 Å². The first kappa shape index (κ1) is 16.3. The van der Waals surface area contributed by atoms with Gasteiger partial charge in [0, 0.05) is 23.4 Å². The lowest BCUT2D eigenvalue weighted by Crippen LogP contribution is -2.48. The summed E-state index contributed by atoms with van der Waals surface area (Å²) in [5, 5.41) is 12.9. The molecule has 0 saturated carbocycles. The van der Waals surface area contributed by atoms with Crippen LogP contribution in [0.4, 0.5) is 0 Å². The zero-order chi connectivity index (χ0) is 17.1. The van der Waals surface area contributed by atoms with E-state index in [1.54, 1.807) is 19.2 Å². The van der Waals surface area contributed by atoms with Crippen LogP contribution in [0.2, 0.25) is 0 Å². The van der Waals surface area contributed by atoms with Crippen LogP contribution < -0.4 is 10.1 Å². The number of aromatic nitrogens is 1. The fourth-order valence-electron chi connectivity index (χ4n) is 2.99. The first-order valence-electron chi connectivity index (χ1n) is 7.86. The van der Waals surface area contributed by atoms with Gasteiger partial charge in [-0.15, -0.1) is 0 Å². The van der Waals surface area contributed by atoms with Gasteiger partial charge < -0.3 is 24.9 Å². The molecule has 1 fully saturated rings. The maximum absolute atomic E-state index is 12.4. The predicted octanol–water partition coefficient (Wildman–Crippen LogP) is 1.79. The van der Waals surface area contributed by atoms with Crippen LogP contribution in [-0.4, -0.2) is 48.3 Å². The van der Waals surface area contributed by atoms with Crippen molar-refractivity contribution < 1.29 is 24.2 Å². The summed E-state index contributed by atoms with van der Waals surface area (Å²) in [6.07, 6.45) is 1.53. The first-order chi connectivity index (χ1) is 11.6. The molecule has 0 radical (unpaired) electrons. The van der Waals surface area contributed by atoms with Crippen molar-refractivity contribution in [1.82, 2.24) is 10.3 Å². The molecule has 1 aliphatic rings. The van der Waals surface area contributed by atoms with Crippen LogP contribution >= 0.6 is 0 Å². The number of carboxylic acids is 1. The number of aromatic amines is 1. The fraction of sp³-hybridized carbons (Fsp3) is 0.412. The molecule has 3 rings (SSSR count). The molecule has 2 atom stereocenters. The normalized spacial score (nSPS) is 19.0. The molecule has 128 valence electrons. The molecule has 1 aromatic carbocycles. The van der Waals surface area contributed by atoms with Crippen molar-refractivity contribution in [3.8, 4) is 5.75 Å². The van der Waals surface area contributed by atoms with Gasteiger partial charge in [0.15, 0.2) is 0 Å². The highest BCUT2D eigenvalue weighted by atomic mass is 16.5. The lowest BCUT2D eigenvalue weighted by atomic mass is 9.93. The van der Waals surface area contributed by atoms with Crippen molar-refractivity contribution in [2.24, 2.45) is 5.92 Å². The third-order valence-electron chi connectivity index (χ3n) is 4.29. The molecule has 1 aromatic heterocycles. The zero-order valence-electron chi connectivity index (χ0n) is 13.4. The van der Waals surface area contributed by atoms with E-state index in [1.165, 1.54) is 0 Å². The van der Waals surface area contributed by atoms with E-state index in [2.05, 4.69) is 10.3 Å². The van der Waals surface area contributed by atoms with E-state index < -0.39 is 17.9 Å². The molecule has 0 aliphatic carbocycles. The van der Waals surface area contributed by atoms with Crippen molar-refractivity contribution in [2.45, 2.75) is 18.9 Å². The highest BCUT2D eigenvalue weighted by Gasteiger charge is 2.31. The Morgan fingerprint density at radius 1 is 1.42 bits per heavy atom. The number of nitrogens with one attached hydrogen (secondary N) is 2. The molecule has 0 bridgehead atoms. The Kier molecular flexibility index (Phi) is 4.71. The van der Waals surface area contributed by atoms with Crippen molar-refractivity contribution in [3.05, 3.63) is 30.0 Å². The van der Waals surface area contributed by atoms with Gasteiger partial charge in [0.05, 0.1) is 13.7 Å². The topological polar surface area (TPSA) is 101 Å². The average Bonchev–Trinajstić information content (AvgIpc) is 3.03. The van der Waals surface area contributed by atoms with Gasteiger partial charge in [-0.05, 0) is 37.1 Å². The first-order valence-corrected chi connectivity index (χ1v) is 7.86. The summed E-state index contributed by atoms with van der Waals surface area (Å²) in [5.74, 6) is -1.01. The number of methoxy groups -OCH3 is 1. The number of amides is 1. The summed E-state index contributed by atoms with van der Waals surface area (Å²) in [7, 11) is 1.57. The Bertz CT molecular complexity index is 749. The predicted molar refractivity (Wildman–Crippen MR) is 87.3 cm³/mol. The molecule has 2 aromatic rings. The molecular weight excluding hydrogens is 312 g/mol. The minimum absolute atomic E-state index is 0.218. The highest BCUT2D eigenvalue weighted by Crippen LogP contribution is 2.22. The number of hydrogen-bond donors (Lipinski definition) is 3. The standard InChI is InChI=1S/C17H20N2O5/c1-23-12-4-5-13-11(7-12)8-14(18-13)16(20)19-15(17(21)22)10-3-2-6-24-9-10/h4-5,7-8,10,15,18H,2-3,6,9H2,1H3,(H,19,20)(H,21,22). The number of carbonyl (C=O) groups excluding carboxylic acids is 1. The number of hydrogen-bond acceptors (Lipinski definition) is 4. The quantitative estimate of drug-likeness (QED) is 0.775. The number of fused-ring (bicyclic) bond motifs is 1. The monoisotopic (exact) mass is 332 g/mol. The summed E-state index contributed by atoms with van der Waals surface area (Å²) in [6.45, 7) is 0.988. The Balaban J connectivity index is 1.78. The molecule has 0 spiro atoms. The lowest BCUT2D eigenvalue weighted by Gasteiger charge is -2.27. The van der Waals surface area contributed by atoms with E-state index in [4.69, 9.17) is 9.47 Å². The molecule has 7 heteroatoms. The second-order valence-electron chi connectivity index (χ2n) is 5.90. The van der Waals surface area contributed by atoms with Gasteiger partial charge in [-0.3, -0.25) is 4.79 Å². The van der Waals surface area contributed by atoms with Gasteiger partial charge in [0.2, 0.25) is 0 Å². The minimum Gasteiger partial charge on any atom is -0.497 e. The second-order valence-corrected chi connectivity index (χ2v) is 5.90. The number of H-pyrrole nitrogens is 1. The van der Waals surface area contributed by atoms with Crippen LogP contribution in [-0.2, 0) is 9.53 Å². The van der Waals surface area contributed by atoms with Gasteiger partial charge in [-0.25, -0.2) is 4.79 Å². The van der Waals surface area contributed by atoms with E-state index in [-0.39, 0.29) is 5.92 Å². The molecule has 1 saturated heterocycles. The van der Waals surface area contributed by atoms with Gasteiger partial charge >= 0.3 is 5.97 Å². The number of rotatable bonds is 5. The SMILES string of the molecule is COc1ccc2[nH]c(C(=O)NC(C(=O)O)C3CCCOC3)cc2c1. The smallest absolute Gasteiger partial charge is 0.326 e. The Hall–Kier alpha value is -2.54. The van der Waals surface area contributed by atoms with Crippen molar-refractivity contribution >= 4 is 22.8 Å². The molecule has 2 heterocycles. The molecule has 1 amide bonds. The van der Waals surface area contributed by atoms with Crippen LogP contribution in [0.5, 0.6) is 5.75 Å². The van der Waals surface area contributed by atoms with Crippen LogP contribution in [0.15, 0.2) is 24.3 Å². The number of aliphatic carboxylic acids is 1. The third kappa shape index (κ3) is 3.35. The van der Waals surface area contributed by atoms with Gasteiger partial charge in [-0.2, -0.15) is 0 Å². The number of ether oxygens (including phenoxy) is 2. The van der Waals surface area contributed by atoms with E-state index in [0.29, 0.717) is 24.7 Å². The summed E-state index contributed by atoms with van der Waals surface area (Å²) in [4.78, 5) is 27.0. The third-order valence-corrected chi connectivity index (χ3v) is 4.29. The van der Waals surface area contributed by atoms with E-state index >= 15 is 0 Å². The summed E-state index contributed by atoms with van der Waals surface area (Å²) in [5.41, 5.74) is 1.11. The fourth-order valence-corrected chi connectivity index (χ4v) is 2.99. The van der Waals surface area contributed by atoms with Crippen molar-refractivity contribution in [2.75, 3.05) is 20.3 Å². The van der Waals surface area contributed by atoms with Crippen LogP contribution in [0.1, 0.15) is 23.3 Å². The Labute approximate surface area is 138 Å². The van der Waals surface area contributed by atoms with Crippen LogP contribution in [0.3, 0.4) is 0 Å². The van der Waals surface area contributed by atoms with Gasteiger partial charge in [0.25, 0.3) is 5.91 Å². The molecule has 1 aliphatic heterocycles. The lowest BCUT2D eigenvalue weighted by molar-refractivity contribution is -0.142. The maximum Gasteiger partial charge on any atom is 0.326 e. The number of carbonyl (C=O) groups is 2. The Morgan fingerprint density at radius 3 is 2.92 bits per heavy atom. The molecular formula is C17H20N2O5. The van der Waals surface area contributed by atoms with Gasteiger partial charge in [0.1, 0.15) is 17.5 Å². The summed E-state index contributed by atoms with van der Waals surface area (Å²) in [6, 6.07) is 6.14. The largest absolute Gasteiger partial charge is 0.497 e. The molecule has 7 nitrogen and oxygen atoms in total. The van der Waals surface area contributed by atoms with E-state index in [0.717, 1.165) is 23.7 Å². The number of benzene rings is 1. The van der Waals surface area contributed by atoms with E-state index in [1.807, 2.05) is 12.1 Å². The highest BCUT2D eigenvalue weighted by molar-refractivity contribution is 5.99. The van der Waals surface area contributed by atoms with Crippen LogP contribution in [0.25, 0.3) is 10.9 Å². The van der Waals surface area contributed by atoms with Crippen molar-refractivity contribution in [3.63, 3.8) is 0 Å². The second kappa shape index (κ2) is 6.92. The molecule has 24 heavy (non-hydrogen) atoms. The minimum atomic E-state index is -1.04. The van der Waals surface area contributed by atoms with Crippen molar-refractivity contribution in [1.29, 1.82) is 0 Å². The van der Waals surface area contributed by atoms with Crippen LogP contribution in [0, 0.1) is 5.92 Å². The summed E-state index contributed by atoms with van der Waals surface area (Å²) >= 11 is 0. The molecule has 3 N–H and O–H groups in total. The Morgan fingerprint density at radius 2 is 2.25 bits per heavy atom.